The van der Waals surface area contributed by atoms with Crippen LogP contribution in [0.4, 0.5) is 0 Å². The van der Waals surface area contributed by atoms with E-state index in [-0.39, 0.29) is 5.92 Å². The van der Waals surface area contributed by atoms with Crippen LogP contribution in [0.15, 0.2) is 0 Å². The highest BCUT2D eigenvalue weighted by atomic mass is 16.2. The molecule has 2 aliphatic heterocycles. The molecule has 1 aliphatic carbocycles. The summed E-state index contributed by atoms with van der Waals surface area (Å²) >= 11 is 0. The van der Waals surface area contributed by atoms with E-state index >= 15 is 0 Å². The fourth-order valence-electron chi connectivity index (χ4n) is 4.75. The molecule has 1 amide bonds. The molecule has 3 rings (SSSR count). The highest BCUT2D eigenvalue weighted by molar-refractivity contribution is 5.78. The van der Waals surface area contributed by atoms with Crippen LogP contribution in [0.1, 0.15) is 72.6 Å². The van der Waals surface area contributed by atoms with Crippen LogP contribution in [0.25, 0.3) is 0 Å². The number of nitrogens with zero attached hydrogens (tertiary/aromatic N) is 2. The van der Waals surface area contributed by atoms with Gasteiger partial charge < -0.3 is 10.2 Å². The van der Waals surface area contributed by atoms with Gasteiger partial charge in [-0.25, -0.2) is 0 Å². The number of nitrogens with one attached hydrogen (secondary N) is 1. The van der Waals surface area contributed by atoms with Gasteiger partial charge in [-0.05, 0) is 43.7 Å². The standard InChI is InChI=1S/C14H27N3O.C9H18/c1-12(2)14(18)17-9-7-16(8-10-17)11-13-3-5-15-6-4-13;1-8(2)9-6-4-3-5-7-9/h12-13,15H,3-11H2,1-2H3;8-9H,3-7H2,1-2H3. The van der Waals surface area contributed by atoms with Crippen LogP contribution in [0.5, 0.6) is 0 Å². The van der Waals surface area contributed by atoms with Crippen LogP contribution in [0.2, 0.25) is 0 Å². The smallest absolute Gasteiger partial charge is 0.225 e. The van der Waals surface area contributed by atoms with Crippen LogP contribution >= 0.6 is 0 Å². The number of piperazine rings is 1. The van der Waals surface area contributed by atoms with E-state index in [2.05, 4.69) is 24.1 Å². The summed E-state index contributed by atoms with van der Waals surface area (Å²) in [5.41, 5.74) is 0. The maximum absolute atomic E-state index is 11.9. The zero-order chi connectivity index (χ0) is 19.6. The van der Waals surface area contributed by atoms with Crippen molar-refractivity contribution in [3.05, 3.63) is 0 Å². The molecule has 0 aromatic heterocycles. The molecule has 4 nitrogen and oxygen atoms in total. The Bertz CT molecular complexity index is 404. The highest BCUT2D eigenvalue weighted by Gasteiger charge is 2.24. The Morgan fingerprint density at radius 1 is 0.889 bits per heavy atom. The quantitative estimate of drug-likeness (QED) is 0.802. The van der Waals surface area contributed by atoms with E-state index in [1.54, 1.807) is 0 Å². The van der Waals surface area contributed by atoms with Crippen molar-refractivity contribution < 1.29 is 4.79 Å². The Balaban J connectivity index is 0.000000244. The molecule has 0 aromatic rings. The third-order valence-corrected chi connectivity index (χ3v) is 6.75. The van der Waals surface area contributed by atoms with Crippen molar-refractivity contribution in [2.24, 2.45) is 23.7 Å². The fourth-order valence-corrected chi connectivity index (χ4v) is 4.75. The van der Waals surface area contributed by atoms with Crippen LogP contribution < -0.4 is 5.32 Å². The molecule has 2 heterocycles. The minimum atomic E-state index is 0.140. The normalized spacial score (nSPS) is 23.4. The van der Waals surface area contributed by atoms with Crippen molar-refractivity contribution in [2.75, 3.05) is 45.8 Å². The molecular formula is C23H45N3O. The molecule has 2 saturated heterocycles. The zero-order valence-electron chi connectivity index (χ0n) is 18.5. The monoisotopic (exact) mass is 379 g/mol. The molecule has 0 radical (unpaired) electrons. The molecule has 3 aliphatic rings. The number of amides is 1. The Morgan fingerprint density at radius 2 is 1.48 bits per heavy atom. The third-order valence-electron chi connectivity index (χ3n) is 6.75. The van der Waals surface area contributed by atoms with Crippen molar-refractivity contribution in [1.29, 1.82) is 0 Å². The summed E-state index contributed by atoms with van der Waals surface area (Å²) in [5, 5.41) is 3.41. The molecule has 4 heteroatoms. The SMILES string of the molecule is CC(C)C(=O)N1CCN(CC2CCNCC2)CC1.CC(C)C1CCCCC1. The Hall–Kier alpha value is -0.610. The van der Waals surface area contributed by atoms with E-state index in [4.69, 9.17) is 0 Å². The van der Waals surface area contributed by atoms with Crippen molar-refractivity contribution in [2.45, 2.75) is 72.6 Å². The first-order chi connectivity index (χ1) is 13.0. The van der Waals surface area contributed by atoms with Crippen LogP contribution in [0.3, 0.4) is 0 Å². The minimum Gasteiger partial charge on any atom is -0.340 e. The van der Waals surface area contributed by atoms with Gasteiger partial charge >= 0.3 is 0 Å². The number of hydrogen-bond donors (Lipinski definition) is 1. The Kier molecular flexibility index (Phi) is 10.1. The van der Waals surface area contributed by atoms with Gasteiger partial charge in [-0.2, -0.15) is 0 Å². The molecule has 158 valence electrons. The molecule has 0 bridgehead atoms. The molecule has 0 aromatic carbocycles. The lowest BCUT2D eigenvalue weighted by atomic mass is 9.82. The first kappa shape index (κ1) is 22.7. The van der Waals surface area contributed by atoms with Gasteiger partial charge in [-0.15, -0.1) is 0 Å². The molecule has 0 spiro atoms. The average Bonchev–Trinajstić information content (AvgIpc) is 2.70. The number of hydrogen-bond acceptors (Lipinski definition) is 3. The second-order valence-electron chi connectivity index (χ2n) is 9.62. The lowest BCUT2D eigenvalue weighted by Gasteiger charge is -2.38. The predicted octanol–water partition coefficient (Wildman–Crippen LogP) is 4.01. The number of piperidine rings is 1. The zero-order valence-corrected chi connectivity index (χ0v) is 18.5. The van der Waals surface area contributed by atoms with E-state index in [1.165, 1.54) is 64.6 Å². The van der Waals surface area contributed by atoms with E-state index < -0.39 is 0 Å². The Morgan fingerprint density at radius 3 is 1.96 bits per heavy atom. The molecule has 0 unspecified atom stereocenters. The van der Waals surface area contributed by atoms with Gasteiger partial charge in [-0.1, -0.05) is 59.8 Å². The topological polar surface area (TPSA) is 35.6 Å². The van der Waals surface area contributed by atoms with Crippen LogP contribution in [0, 0.1) is 23.7 Å². The van der Waals surface area contributed by atoms with Crippen LogP contribution in [-0.4, -0.2) is 61.5 Å². The van der Waals surface area contributed by atoms with Gasteiger partial charge in [0.25, 0.3) is 0 Å². The molecule has 3 fully saturated rings. The lowest BCUT2D eigenvalue weighted by Crippen LogP contribution is -2.51. The molecule has 1 N–H and O–H groups in total. The summed E-state index contributed by atoms with van der Waals surface area (Å²) in [6.07, 6.45) is 10.1. The van der Waals surface area contributed by atoms with Gasteiger partial charge in [0, 0.05) is 38.6 Å². The van der Waals surface area contributed by atoms with E-state index in [0.717, 1.165) is 43.9 Å². The van der Waals surface area contributed by atoms with Crippen molar-refractivity contribution in [1.82, 2.24) is 15.1 Å². The summed E-state index contributed by atoms with van der Waals surface area (Å²) in [7, 11) is 0. The summed E-state index contributed by atoms with van der Waals surface area (Å²) in [6, 6.07) is 0. The van der Waals surface area contributed by atoms with Gasteiger partial charge in [0.15, 0.2) is 0 Å². The molecule has 1 saturated carbocycles. The summed E-state index contributed by atoms with van der Waals surface area (Å²) < 4.78 is 0. The highest BCUT2D eigenvalue weighted by Crippen LogP contribution is 2.29. The maximum atomic E-state index is 11.9. The van der Waals surface area contributed by atoms with E-state index in [0.29, 0.717) is 5.91 Å². The summed E-state index contributed by atoms with van der Waals surface area (Å²) in [6.45, 7) is 16.2. The lowest BCUT2D eigenvalue weighted by molar-refractivity contribution is -0.136. The number of carbonyl (C=O) groups is 1. The average molecular weight is 380 g/mol. The van der Waals surface area contributed by atoms with Crippen molar-refractivity contribution >= 4 is 5.91 Å². The molecule has 27 heavy (non-hydrogen) atoms. The Labute approximate surface area is 168 Å². The number of rotatable bonds is 4. The fraction of sp³-hybridized carbons (Fsp3) is 0.957. The summed E-state index contributed by atoms with van der Waals surface area (Å²) in [5.74, 6) is 3.31. The van der Waals surface area contributed by atoms with Gasteiger partial charge in [0.1, 0.15) is 0 Å². The summed E-state index contributed by atoms with van der Waals surface area (Å²) in [4.78, 5) is 16.5. The van der Waals surface area contributed by atoms with E-state index in [1.807, 2.05) is 18.7 Å². The van der Waals surface area contributed by atoms with Crippen LogP contribution in [-0.2, 0) is 4.79 Å². The van der Waals surface area contributed by atoms with Gasteiger partial charge in [-0.3, -0.25) is 9.69 Å². The number of carbonyl (C=O) groups excluding carboxylic acids is 1. The largest absolute Gasteiger partial charge is 0.340 e. The predicted molar refractivity (Wildman–Crippen MR) is 115 cm³/mol. The minimum absolute atomic E-state index is 0.140. The second kappa shape index (κ2) is 12.1. The van der Waals surface area contributed by atoms with Crippen molar-refractivity contribution in [3.63, 3.8) is 0 Å². The molecule has 0 atom stereocenters. The van der Waals surface area contributed by atoms with Gasteiger partial charge in [0.05, 0.1) is 0 Å². The maximum Gasteiger partial charge on any atom is 0.225 e. The second-order valence-corrected chi connectivity index (χ2v) is 9.62. The van der Waals surface area contributed by atoms with Gasteiger partial charge in [0.2, 0.25) is 5.91 Å². The third kappa shape index (κ3) is 8.11. The first-order valence-corrected chi connectivity index (χ1v) is 11.7. The van der Waals surface area contributed by atoms with E-state index in [9.17, 15) is 4.79 Å². The molecular weight excluding hydrogens is 334 g/mol. The van der Waals surface area contributed by atoms with Crippen molar-refractivity contribution in [3.8, 4) is 0 Å². The first-order valence-electron chi connectivity index (χ1n) is 11.7.